The van der Waals surface area contributed by atoms with Gasteiger partial charge in [0.1, 0.15) is 5.69 Å². The zero-order valence-corrected chi connectivity index (χ0v) is 13.4. The number of unbranched alkanes of at least 4 members (excludes halogenated alkanes) is 1. The van der Waals surface area contributed by atoms with Crippen molar-refractivity contribution >= 4 is 21.7 Å². The normalized spacial score (nSPS) is 23.5. The highest BCUT2D eigenvalue weighted by Gasteiger charge is 2.29. The van der Waals surface area contributed by atoms with Gasteiger partial charge < -0.3 is 0 Å². The van der Waals surface area contributed by atoms with E-state index in [0.717, 1.165) is 28.9 Å². The molecule has 0 N–H and O–H groups in total. The average molecular weight is 327 g/mol. The zero-order chi connectivity index (χ0) is 13.8. The molecule has 0 unspecified atom stereocenters. The van der Waals surface area contributed by atoms with Crippen LogP contribution in [0.4, 0.5) is 0 Å². The molecule has 1 aromatic rings. The largest absolute Gasteiger partial charge is 0.292 e. The summed E-state index contributed by atoms with van der Waals surface area (Å²) in [7, 11) is 1.84. The van der Waals surface area contributed by atoms with Gasteiger partial charge >= 0.3 is 0 Å². The maximum absolute atomic E-state index is 12.5. The van der Waals surface area contributed by atoms with Crippen LogP contribution in [0.15, 0.2) is 10.7 Å². The van der Waals surface area contributed by atoms with Crippen LogP contribution in [0.2, 0.25) is 0 Å². The molecule has 0 amide bonds. The Bertz CT molecular complexity index is 414. The molecule has 0 atom stereocenters. The second-order valence-corrected chi connectivity index (χ2v) is 6.54. The van der Waals surface area contributed by atoms with Gasteiger partial charge in [-0.1, -0.05) is 26.2 Å². The minimum absolute atomic E-state index is 0.199. The molecule has 0 bridgehead atoms. The molecule has 0 aliphatic heterocycles. The maximum Gasteiger partial charge on any atom is 0.185 e. The summed E-state index contributed by atoms with van der Waals surface area (Å²) in [5.74, 6) is 1.31. The third-order valence-electron chi connectivity index (χ3n) is 4.31. The number of nitrogens with zero attached hydrogens (tertiary/aromatic N) is 2. The molecule has 106 valence electrons. The van der Waals surface area contributed by atoms with Gasteiger partial charge in [-0.3, -0.25) is 9.48 Å². The molecule has 1 aromatic heterocycles. The number of aryl methyl sites for hydroxylation is 1. The number of rotatable bonds is 5. The van der Waals surface area contributed by atoms with Gasteiger partial charge in [0, 0.05) is 13.0 Å². The van der Waals surface area contributed by atoms with Gasteiger partial charge in [0.05, 0.1) is 10.7 Å². The molecular weight excluding hydrogens is 304 g/mol. The van der Waals surface area contributed by atoms with Crippen molar-refractivity contribution in [2.24, 2.45) is 18.9 Å². The zero-order valence-electron chi connectivity index (χ0n) is 11.9. The van der Waals surface area contributed by atoms with Crippen LogP contribution < -0.4 is 0 Å². The highest BCUT2D eigenvalue weighted by molar-refractivity contribution is 9.10. The first kappa shape index (κ1) is 14.8. The predicted octanol–water partition coefficient (Wildman–Crippen LogP) is 4.36. The van der Waals surface area contributed by atoms with Crippen LogP contribution in [0.5, 0.6) is 0 Å². The van der Waals surface area contributed by atoms with Gasteiger partial charge in [-0.25, -0.2) is 0 Å². The molecule has 1 saturated carbocycles. The molecule has 2 rings (SSSR count). The van der Waals surface area contributed by atoms with E-state index < -0.39 is 0 Å². The number of carbonyl (C=O) groups excluding carboxylic acids is 1. The summed E-state index contributed by atoms with van der Waals surface area (Å²) in [4.78, 5) is 12.5. The molecule has 1 aliphatic carbocycles. The second kappa shape index (κ2) is 6.69. The Balaban J connectivity index is 1.93. The van der Waals surface area contributed by atoms with Gasteiger partial charge in [-0.2, -0.15) is 5.10 Å². The van der Waals surface area contributed by atoms with Crippen molar-refractivity contribution in [2.45, 2.75) is 51.9 Å². The molecule has 4 heteroatoms. The lowest BCUT2D eigenvalue weighted by Crippen LogP contribution is -2.24. The minimum atomic E-state index is 0.199. The van der Waals surface area contributed by atoms with E-state index >= 15 is 0 Å². The van der Waals surface area contributed by atoms with E-state index in [1.54, 1.807) is 10.9 Å². The van der Waals surface area contributed by atoms with Crippen LogP contribution >= 0.6 is 15.9 Å². The van der Waals surface area contributed by atoms with Crippen LogP contribution in [0.25, 0.3) is 0 Å². The van der Waals surface area contributed by atoms with Crippen LogP contribution in [0.3, 0.4) is 0 Å². The fraction of sp³-hybridized carbons (Fsp3) is 0.733. The van der Waals surface area contributed by atoms with E-state index in [4.69, 9.17) is 0 Å². The number of Topliss-reactive ketones (excluding diaryl/α,β-unsaturated/α-hetero) is 1. The Morgan fingerprint density at radius 2 is 2.11 bits per heavy atom. The Hall–Kier alpha value is -0.640. The molecule has 1 heterocycles. The molecule has 19 heavy (non-hydrogen) atoms. The number of halogens is 1. The second-order valence-electron chi connectivity index (χ2n) is 5.69. The van der Waals surface area contributed by atoms with Crippen LogP contribution in [-0.4, -0.2) is 15.6 Å². The van der Waals surface area contributed by atoms with Crippen molar-refractivity contribution in [3.8, 4) is 0 Å². The summed E-state index contributed by atoms with van der Waals surface area (Å²) >= 11 is 3.43. The van der Waals surface area contributed by atoms with Crippen molar-refractivity contribution < 1.29 is 4.79 Å². The highest BCUT2D eigenvalue weighted by Crippen LogP contribution is 2.34. The topological polar surface area (TPSA) is 34.9 Å². The van der Waals surface area contributed by atoms with E-state index in [2.05, 4.69) is 28.0 Å². The summed E-state index contributed by atoms with van der Waals surface area (Å²) in [6, 6.07) is 0. The summed E-state index contributed by atoms with van der Waals surface area (Å²) < 4.78 is 2.52. The SMILES string of the molecule is CCCCC1CCC(C(=O)c2c(Br)cnn2C)CC1. The van der Waals surface area contributed by atoms with E-state index in [9.17, 15) is 4.79 Å². The van der Waals surface area contributed by atoms with E-state index in [0.29, 0.717) is 0 Å². The van der Waals surface area contributed by atoms with E-state index in [1.807, 2.05) is 7.05 Å². The smallest absolute Gasteiger partial charge is 0.185 e. The summed E-state index contributed by atoms with van der Waals surface area (Å²) in [6.07, 6.45) is 10.2. The number of hydrogen-bond acceptors (Lipinski definition) is 2. The molecular formula is C15H23BrN2O. The van der Waals surface area contributed by atoms with Crippen LogP contribution in [0, 0.1) is 11.8 Å². The standard InChI is InChI=1S/C15H23BrN2O/c1-3-4-5-11-6-8-12(9-7-11)15(19)14-13(16)10-17-18(14)2/h10-12H,3-9H2,1-2H3. The lowest BCUT2D eigenvalue weighted by molar-refractivity contribution is 0.0858. The lowest BCUT2D eigenvalue weighted by atomic mass is 9.77. The molecule has 3 nitrogen and oxygen atoms in total. The minimum Gasteiger partial charge on any atom is -0.292 e. The number of aromatic nitrogens is 2. The van der Waals surface area contributed by atoms with Crippen molar-refractivity contribution in [1.29, 1.82) is 0 Å². The van der Waals surface area contributed by atoms with Gasteiger partial charge in [0.2, 0.25) is 0 Å². The first-order valence-electron chi connectivity index (χ1n) is 7.35. The lowest BCUT2D eigenvalue weighted by Gasteiger charge is -2.27. The molecule has 0 spiro atoms. The Morgan fingerprint density at radius 1 is 1.42 bits per heavy atom. The molecule has 0 aromatic carbocycles. The van der Waals surface area contributed by atoms with Crippen molar-refractivity contribution in [1.82, 2.24) is 9.78 Å². The monoisotopic (exact) mass is 326 g/mol. The number of carbonyl (C=O) groups is 1. The van der Waals surface area contributed by atoms with Gasteiger partial charge in [-0.15, -0.1) is 0 Å². The predicted molar refractivity (Wildman–Crippen MR) is 80.2 cm³/mol. The van der Waals surface area contributed by atoms with Gasteiger partial charge in [-0.05, 0) is 47.5 Å². The summed E-state index contributed by atoms with van der Waals surface area (Å²) in [6.45, 7) is 2.25. The van der Waals surface area contributed by atoms with Crippen LogP contribution in [0.1, 0.15) is 62.4 Å². The first-order valence-corrected chi connectivity index (χ1v) is 8.14. The number of ketones is 1. The first-order chi connectivity index (χ1) is 9.13. The maximum atomic E-state index is 12.5. The van der Waals surface area contributed by atoms with Gasteiger partial charge in [0.15, 0.2) is 5.78 Å². The van der Waals surface area contributed by atoms with E-state index in [1.165, 1.54) is 32.1 Å². The highest BCUT2D eigenvalue weighted by atomic mass is 79.9. The third-order valence-corrected chi connectivity index (χ3v) is 4.89. The summed E-state index contributed by atoms with van der Waals surface area (Å²) in [5, 5.41) is 4.14. The Morgan fingerprint density at radius 3 is 2.63 bits per heavy atom. The molecule has 0 saturated heterocycles. The third kappa shape index (κ3) is 3.47. The van der Waals surface area contributed by atoms with Crippen molar-refractivity contribution in [3.63, 3.8) is 0 Å². The van der Waals surface area contributed by atoms with Crippen molar-refractivity contribution in [3.05, 3.63) is 16.4 Å². The molecule has 1 fully saturated rings. The Labute approximate surface area is 123 Å². The fourth-order valence-electron chi connectivity index (χ4n) is 3.09. The average Bonchev–Trinajstić information content (AvgIpc) is 2.76. The van der Waals surface area contributed by atoms with E-state index in [-0.39, 0.29) is 11.7 Å². The Kier molecular flexibility index (Phi) is 5.20. The quantitative estimate of drug-likeness (QED) is 0.753. The fourth-order valence-corrected chi connectivity index (χ4v) is 3.63. The number of hydrogen-bond donors (Lipinski definition) is 0. The molecule has 0 radical (unpaired) electrons. The van der Waals surface area contributed by atoms with Gasteiger partial charge in [0.25, 0.3) is 0 Å². The van der Waals surface area contributed by atoms with Crippen molar-refractivity contribution in [2.75, 3.05) is 0 Å². The van der Waals surface area contributed by atoms with Crippen LogP contribution in [-0.2, 0) is 7.05 Å². The molecule has 1 aliphatic rings. The summed E-state index contributed by atoms with van der Waals surface area (Å²) in [5.41, 5.74) is 0.733.